The molecule has 0 unspecified atom stereocenters. The van der Waals surface area contributed by atoms with E-state index in [0.29, 0.717) is 0 Å². The molecule has 0 atom stereocenters. The molecule has 1 heterocycles. The smallest absolute Gasteiger partial charge is 0.136 e. The number of para-hydroxylation sites is 1. The van der Waals surface area contributed by atoms with Crippen LogP contribution < -0.4 is 4.90 Å². The Kier molecular flexibility index (Phi) is 6.17. The second-order valence-electron chi connectivity index (χ2n) is 11.7. The van der Waals surface area contributed by atoms with Crippen LogP contribution in [0.2, 0.25) is 0 Å². The van der Waals surface area contributed by atoms with Crippen LogP contribution in [0.4, 0.5) is 17.1 Å². The first kappa shape index (κ1) is 26.3. The van der Waals surface area contributed by atoms with Crippen LogP contribution >= 0.6 is 0 Å². The highest BCUT2D eigenvalue weighted by Gasteiger charge is 2.24. The summed E-state index contributed by atoms with van der Waals surface area (Å²) in [5, 5.41) is 7.06. The third-order valence-electron chi connectivity index (χ3n) is 9.04. The predicted octanol–water partition coefficient (Wildman–Crippen LogP) is 12.7. The maximum absolute atomic E-state index is 6.46. The van der Waals surface area contributed by atoms with Crippen molar-refractivity contribution in [1.82, 2.24) is 0 Å². The van der Waals surface area contributed by atoms with Crippen molar-refractivity contribution in [2.75, 3.05) is 4.90 Å². The third-order valence-corrected chi connectivity index (χ3v) is 9.04. The Bertz CT molecular complexity index is 2520. The van der Waals surface area contributed by atoms with E-state index in [1.165, 1.54) is 32.7 Å². The largest absolute Gasteiger partial charge is 0.456 e. The van der Waals surface area contributed by atoms with Crippen molar-refractivity contribution in [3.63, 3.8) is 0 Å². The van der Waals surface area contributed by atoms with E-state index in [1.54, 1.807) is 0 Å². The number of furan rings is 1. The quantitative estimate of drug-likeness (QED) is 0.199. The summed E-state index contributed by atoms with van der Waals surface area (Å²) in [6.07, 6.45) is 0. The summed E-state index contributed by atoms with van der Waals surface area (Å²) in [7, 11) is 0. The van der Waals surface area contributed by atoms with E-state index in [2.05, 4.69) is 175 Å². The normalized spacial score (nSPS) is 11.5. The van der Waals surface area contributed by atoms with E-state index in [0.717, 1.165) is 50.1 Å². The molecule has 0 spiro atoms. The summed E-state index contributed by atoms with van der Waals surface area (Å²) < 4.78 is 6.46. The van der Waals surface area contributed by atoms with Crippen LogP contribution in [0.25, 0.3) is 65.7 Å². The van der Waals surface area contributed by atoms with E-state index in [1.807, 2.05) is 6.07 Å². The van der Waals surface area contributed by atoms with Gasteiger partial charge < -0.3 is 9.32 Å². The first-order valence-corrected chi connectivity index (χ1v) is 15.7. The number of anilines is 3. The van der Waals surface area contributed by atoms with Crippen LogP contribution in [0.1, 0.15) is 0 Å². The molecule has 46 heavy (non-hydrogen) atoms. The topological polar surface area (TPSA) is 16.4 Å². The van der Waals surface area contributed by atoms with Crippen LogP contribution in [0.3, 0.4) is 0 Å². The van der Waals surface area contributed by atoms with E-state index in [9.17, 15) is 0 Å². The number of fused-ring (bicyclic) bond motifs is 5. The maximum atomic E-state index is 6.46. The minimum Gasteiger partial charge on any atom is -0.456 e. The van der Waals surface area contributed by atoms with Crippen molar-refractivity contribution in [1.29, 1.82) is 0 Å². The molecule has 216 valence electrons. The zero-order chi connectivity index (χ0) is 30.5. The molecule has 0 aliphatic carbocycles. The number of rotatable bonds is 5. The average Bonchev–Trinajstić information content (AvgIpc) is 3.51. The fraction of sp³-hybridized carbons (Fsp3) is 0. The Labute approximate surface area is 267 Å². The van der Waals surface area contributed by atoms with Crippen molar-refractivity contribution < 1.29 is 4.42 Å². The molecule has 9 rings (SSSR count). The molecule has 0 saturated carbocycles. The minimum absolute atomic E-state index is 0.880. The van der Waals surface area contributed by atoms with E-state index in [-0.39, 0.29) is 0 Å². The number of hydrogen-bond donors (Lipinski definition) is 0. The zero-order valence-electron chi connectivity index (χ0n) is 25.1. The SMILES string of the molecule is c1ccc(-c2ccc(N(c3ccc4oc5ccccc5c4c3-c3ccc4ccccc4c3)c3cccc4ccccc34)cc2)cc1. The molecule has 0 saturated heterocycles. The van der Waals surface area contributed by atoms with Gasteiger partial charge in [0.15, 0.2) is 0 Å². The molecule has 0 N–H and O–H groups in total. The van der Waals surface area contributed by atoms with Gasteiger partial charge in [0.2, 0.25) is 0 Å². The highest BCUT2D eigenvalue weighted by atomic mass is 16.3. The average molecular weight is 588 g/mol. The summed E-state index contributed by atoms with van der Waals surface area (Å²) in [4.78, 5) is 2.42. The highest BCUT2D eigenvalue weighted by molar-refractivity contribution is 6.17. The standard InChI is InChI=1S/C44H29NO/c1-2-11-30(12-3-1)32-23-25-36(26-24-32)45(39-19-10-16-33-14-6-7-17-37(33)39)40-27-28-42-44(38-18-8-9-20-41(38)46-42)43(40)35-22-21-31-13-4-5-15-34(31)29-35/h1-29H. The third kappa shape index (κ3) is 4.35. The van der Waals surface area contributed by atoms with Crippen LogP contribution in [0.5, 0.6) is 0 Å². The van der Waals surface area contributed by atoms with Gasteiger partial charge in [-0.25, -0.2) is 0 Å². The molecule has 0 aliphatic heterocycles. The Morgan fingerprint density at radius 1 is 0.370 bits per heavy atom. The van der Waals surface area contributed by atoms with Crippen LogP contribution in [0, 0.1) is 0 Å². The Morgan fingerprint density at radius 3 is 1.87 bits per heavy atom. The lowest BCUT2D eigenvalue weighted by atomic mass is 9.94. The Morgan fingerprint density at radius 2 is 1.02 bits per heavy atom. The van der Waals surface area contributed by atoms with Crippen LogP contribution in [-0.2, 0) is 0 Å². The van der Waals surface area contributed by atoms with Gasteiger partial charge in [-0.1, -0.05) is 133 Å². The monoisotopic (exact) mass is 587 g/mol. The van der Waals surface area contributed by atoms with Crippen LogP contribution in [-0.4, -0.2) is 0 Å². The number of hydrogen-bond acceptors (Lipinski definition) is 2. The Balaban J connectivity index is 1.37. The van der Waals surface area contributed by atoms with E-state index < -0.39 is 0 Å². The molecule has 2 heteroatoms. The van der Waals surface area contributed by atoms with Crippen molar-refractivity contribution in [2.24, 2.45) is 0 Å². The molecule has 8 aromatic carbocycles. The van der Waals surface area contributed by atoms with Crippen molar-refractivity contribution >= 4 is 60.5 Å². The molecule has 0 aliphatic rings. The first-order chi connectivity index (χ1) is 22.8. The molecule has 0 radical (unpaired) electrons. The summed E-state index contributed by atoms with van der Waals surface area (Å²) >= 11 is 0. The summed E-state index contributed by atoms with van der Waals surface area (Å²) in [5.41, 5.74) is 9.77. The predicted molar refractivity (Wildman–Crippen MR) is 194 cm³/mol. The molecule has 0 bridgehead atoms. The van der Waals surface area contributed by atoms with E-state index in [4.69, 9.17) is 4.42 Å². The second-order valence-corrected chi connectivity index (χ2v) is 11.7. The summed E-state index contributed by atoms with van der Waals surface area (Å²) in [6.45, 7) is 0. The molecule has 9 aromatic rings. The molecule has 0 fully saturated rings. The van der Waals surface area contributed by atoms with Gasteiger partial charge in [0.05, 0.1) is 11.4 Å². The van der Waals surface area contributed by atoms with Gasteiger partial charge in [-0.3, -0.25) is 0 Å². The zero-order valence-corrected chi connectivity index (χ0v) is 25.1. The number of nitrogens with zero attached hydrogens (tertiary/aromatic N) is 1. The molecule has 0 amide bonds. The van der Waals surface area contributed by atoms with Gasteiger partial charge in [-0.2, -0.15) is 0 Å². The van der Waals surface area contributed by atoms with Crippen LogP contribution in [0.15, 0.2) is 180 Å². The van der Waals surface area contributed by atoms with Gasteiger partial charge in [-0.15, -0.1) is 0 Å². The molecular formula is C44H29NO. The Hall–Kier alpha value is -6.12. The molecular weight excluding hydrogens is 558 g/mol. The lowest BCUT2D eigenvalue weighted by Gasteiger charge is -2.29. The highest BCUT2D eigenvalue weighted by Crippen LogP contribution is 2.48. The second kappa shape index (κ2) is 10.8. The molecule has 2 nitrogen and oxygen atoms in total. The minimum atomic E-state index is 0.880. The molecule has 1 aromatic heterocycles. The van der Waals surface area contributed by atoms with Crippen molar-refractivity contribution in [3.8, 4) is 22.3 Å². The fourth-order valence-corrected chi connectivity index (χ4v) is 6.87. The van der Waals surface area contributed by atoms with E-state index >= 15 is 0 Å². The number of benzene rings is 8. The summed E-state index contributed by atoms with van der Waals surface area (Å²) in [6, 6.07) is 62.8. The van der Waals surface area contributed by atoms with Gasteiger partial charge >= 0.3 is 0 Å². The van der Waals surface area contributed by atoms with Crippen molar-refractivity contribution in [3.05, 3.63) is 176 Å². The first-order valence-electron chi connectivity index (χ1n) is 15.7. The van der Waals surface area contributed by atoms with Gasteiger partial charge in [-0.05, 0) is 75.3 Å². The maximum Gasteiger partial charge on any atom is 0.136 e. The fourth-order valence-electron chi connectivity index (χ4n) is 6.87. The van der Waals surface area contributed by atoms with Gasteiger partial charge in [0.25, 0.3) is 0 Å². The summed E-state index contributed by atoms with van der Waals surface area (Å²) in [5.74, 6) is 0. The van der Waals surface area contributed by atoms with Crippen molar-refractivity contribution in [2.45, 2.75) is 0 Å². The lowest BCUT2D eigenvalue weighted by molar-refractivity contribution is 0.669. The van der Waals surface area contributed by atoms with Gasteiger partial charge in [0, 0.05) is 27.4 Å². The van der Waals surface area contributed by atoms with Gasteiger partial charge in [0.1, 0.15) is 11.2 Å². The lowest BCUT2D eigenvalue weighted by Crippen LogP contribution is -2.12.